The van der Waals surface area contributed by atoms with Crippen molar-refractivity contribution >= 4 is 39.4 Å². The van der Waals surface area contributed by atoms with Crippen LogP contribution in [0.15, 0.2) is 6.07 Å². The molecule has 0 aromatic carbocycles. The summed E-state index contributed by atoms with van der Waals surface area (Å²) in [5.74, 6) is 1.12. The van der Waals surface area contributed by atoms with Gasteiger partial charge in [-0.15, -0.1) is 11.6 Å². The van der Waals surface area contributed by atoms with Crippen LogP contribution in [-0.4, -0.2) is 69.3 Å². The Kier molecular flexibility index (Phi) is 6.76. The average molecular weight is 426 g/mol. The number of alkyl halides is 1. The van der Waals surface area contributed by atoms with E-state index < -0.39 is 10.2 Å². The smallest absolute Gasteiger partial charge is 0.277 e. The third-order valence-electron chi connectivity index (χ3n) is 4.04. The van der Waals surface area contributed by atoms with Gasteiger partial charge in [0.15, 0.2) is 0 Å². The van der Waals surface area contributed by atoms with Crippen molar-refractivity contribution in [3.8, 4) is 5.88 Å². The first-order chi connectivity index (χ1) is 12.4. The van der Waals surface area contributed by atoms with Gasteiger partial charge in [-0.2, -0.15) is 18.1 Å². The molecule has 0 atom stereocenters. The fourth-order valence-electron chi connectivity index (χ4n) is 2.71. The number of ether oxygens (including phenoxy) is 2. The minimum Gasteiger partial charge on any atom is -0.474 e. The van der Waals surface area contributed by atoms with Gasteiger partial charge in [0.05, 0.1) is 13.2 Å². The first-order valence-electron chi connectivity index (χ1n) is 8.32. The van der Waals surface area contributed by atoms with Crippen molar-refractivity contribution in [3.63, 3.8) is 0 Å². The maximum atomic E-state index is 11.7. The third kappa shape index (κ3) is 5.54. The minimum absolute atomic E-state index is 0.126. The molecule has 146 valence electrons. The number of nitrogens with one attached hydrogen (secondary N) is 2. The zero-order valence-electron chi connectivity index (χ0n) is 14.0. The lowest BCUT2D eigenvalue weighted by atomic mass is 9.90. The Morgan fingerprint density at radius 1 is 1.31 bits per heavy atom. The molecule has 1 aromatic heterocycles. The van der Waals surface area contributed by atoms with Crippen LogP contribution >= 0.6 is 23.2 Å². The normalized spacial score (nSPS) is 23.5. The van der Waals surface area contributed by atoms with Gasteiger partial charge in [-0.25, -0.2) is 9.71 Å². The maximum Gasteiger partial charge on any atom is 0.277 e. The van der Waals surface area contributed by atoms with Gasteiger partial charge in [-0.05, 0) is 0 Å². The molecule has 0 amide bonds. The van der Waals surface area contributed by atoms with Crippen LogP contribution in [0.25, 0.3) is 0 Å². The van der Waals surface area contributed by atoms with Gasteiger partial charge < -0.3 is 14.4 Å². The van der Waals surface area contributed by atoms with E-state index in [0.29, 0.717) is 56.1 Å². The van der Waals surface area contributed by atoms with Crippen molar-refractivity contribution in [1.29, 1.82) is 0 Å². The highest BCUT2D eigenvalue weighted by atomic mass is 35.5. The van der Waals surface area contributed by atoms with Gasteiger partial charge in [0.25, 0.3) is 10.2 Å². The first-order valence-corrected chi connectivity index (χ1v) is 10.7. The molecule has 0 radical (unpaired) electrons. The summed E-state index contributed by atoms with van der Waals surface area (Å²) in [6.45, 7) is 2.82. The summed E-state index contributed by atoms with van der Waals surface area (Å²) >= 11 is 11.6. The number of rotatable bonds is 8. The van der Waals surface area contributed by atoms with Gasteiger partial charge in [-0.1, -0.05) is 11.6 Å². The van der Waals surface area contributed by atoms with Crippen LogP contribution < -0.4 is 19.1 Å². The summed E-state index contributed by atoms with van der Waals surface area (Å²) in [5, 5.41) is 0.304. The van der Waals surface area contributed by atoms with E-state index in [0.717, 1.165) is 0 Å². The van der Waals surface area contributed by atoms with Crippen LogP contribution in [0.4, 0.5) is 5.95 Å². The molecule has 2 N–H and O–H groups in total. The fraction of sp³-hybridized carbons (Fsp3) is 0.714. The molecule has 0 bridgehead atoms. The second kappa shape index (κ2) is 8.85. The lowest BCUT2D eigenvalue weighted by molar-refractivity contribution is 0.0892. The van der Waals surface area contributed by atoms with E-state index >= 15 is 0 Å². The maximum absolute atomic E-state index is 11.7. The first kappa shape index (κ1) is 19.8. The van der Waals surface area contributed by atoms with Gasteiger partial charge >= 0.3 is 0 Å². The summed E-state index contributed by atoms with van der Waals surface area (Å²) in [6.07, 6.45) is 0.978. The summed E-state index contributed by atoms with van der Waals surface area (Å²) in [6, 6.07) is 1.38. The zero-order chi connectivity index (χ0) is 18.6. The van der Waals surface area contributed by atoms with Gasteiger partial charge in [0, 0.05) is 50.5 Å². The van der Waals surface area contributed by atoms with E-state index in [1.807, 2.05) is 4.90 Å². The molecule has 2 aliphatic rings. The van der Waals surface area contributed by atoms with E-state index in [-0.39, 0.29) is 24.6 Å². The van der Waals surface area contributed by atoms with Gasteiger partial charge in [-0.3, -0.25) is 0 Å². The molecule has 9 nitrogen and oxygen atoms in total. The standard InChI is InChI=1S/C14H21Cl2N5O4S/c15-1-2-17-26(22,23)20-10-7-11(8-10)25-13-9-12(16)18-14(19-13)21-3-5-24-6-4-21/h9-11,17,20H,1-8H2. The fourth-order valence-corrected chi connectivity index (χ4v) is 4.17. The number of hydrogen-bond donors (Lipinski definition) is 2. The Morgan fingerprint density at radius 3 is 2.73 bits per heavy atom. The van der Waals surface area contributed by atoms with E-state index in [2.05, 4.69) is 19.4 Å². The Bertz CT molecular complexity index is 711. The number of morpholine rings is 1. The molecular formula is C14H21Cl2N5O4S. The molecule has 1 aliphatic heterocycles. The third-order valence-corrected chi connectivity index (χ3v) is 5.65. The molecule has 12 heteroatoms. The minimum atomic E-state index is -3.53. The highest BCUT2D eigenvalue weighted by molar-refractivity contribution is 7.87. The van der Waals surface area contributed by atoms with Crippen molar-refractivity contribution in [3.05, 3.63) is 11.2 Å². The zero-order valence-corrected chi connectivity index (χ0v) is 16.4. The van der Waals surface area contributed by atoms with E-state index in [9.17, 15) is 8.42 Å². The molecule has 3 rings (SSSR count). The molecule has 2 heterocycles. The van der Waals surface area contributed by atoms with Crippen LogP contribution in [0.2, 0.25) is 5.15 Å². The topological polar surface area (TPSA) is 106 Å². The molecule has 26 heavy (non-hydrogen) atoms. The van der Waals surface area contributed by atoms with E-state index in [4.69, 9.17) is 32.7 Å². The molecule has 1 saturated heterocycles. The lowest BCUT2D eigenvalue weighted by Crippen LogP contribution is -2.52. The molecule has 0 spiro atoms. The Morgan fingerprint density at radius 2 is 2.04 bits per heavy atom. The predicted octanol–water partition coefficient (Wildman–Crippen LogP) is 0.539. The van der Waals surface area contributed by atoms with Crippen LogP contribution in [0, 0.1) is 0 Å². The Labute approximate surface area is 162 Å². The molecule has 1 aliphatic carbocycles. The summed E-state index contributed by atoms with van der Waals surface area (Å²) < 4.78 is 39.5. The predicted molar refractivity (Wildman–Crippen MR) is 98.3 cm³/mol. The number of anilines is 1. The second-order valence-corrected chi connectivity index (χ2v) is 8.34. The molecular weight excluding hydrogens is 405 g/mol. The summed E-state index contributed by atoms with van der Waals surface area (Å²) in [4.78, 5) is 10.6. The van der Waals surface area contributed by atoms with Crippen molar-refractivity contribution in [1.82, 2.24) is 19.4 Å². The highest BCUT2D eigenvalue weighted by Gasteiger charge is 2.34. The average Bonchev–Trinajstić information content (AvgIpc) is 2.58. The van der Waals surface area contributed by atoms with Crippen molar-refractivity contribution in [2.24, 2.45) is 0 Å². The van der Waals surface area contributed by atoms with Crippen LogP contribution in [0.1, 0.15) is 12.8 Å². The largest absolute Gasteiger partial charge is 0.474 e. The van der Waals surface area contributed by atoms with Crippen molar-refractivity contribution in [2.45, 2.75) is 25.0 Å². The molecule has 2 fully saturated rings. The van der Waals surface area contributed by atoms with E-state index in [1.165, 1.54) is 0 Å². The second-order valence-electron chi connectivity index (χ2n) is 6.04. The lowest BCUT2D eigenvalue weighted by Gasteiger charge is -2.35. The van der Waals surface area contributed by atoms with Crippen molar-refractivity contribution < 1.29 is 17.9 Å². The number of hydrogen-bond acceptors (Lipinski definition) is 7. The van der Waals surface area contributed by atoms with Gasteiger partial charge in [0.2, 0.25) is 11.8 Å². The van der Waals surface area contributed by atoms with Gasteiger partial charge in [0.1, 0.15) is 11.3 Å². The number of aromatic nitrogens is 2. The summed E-state index contributed by atoms with van der Waals surface area (Å²) in [7, 11) is -3.53. The number of halogens is 2. The monoisotopic (exact) mass is 425 g/mol. The molecule has 1 saturated carbocycles. The highest BCUT2D eigenvalue weighted by Crippen LogP contribution is 2.27. The molecule has 0 unspecified atom stereocenters. The van der Waals surface area contributed by atoms with Crippen molar-refractivity contribution in [2.75, 3.05) is 43.6 Å². The summed E-state index contributed by atoms with van der Waals surface area (Å²) in [5.41, 5.74) is 0. The number of nitrogens with zero attached hydrogens (tertiary/aromatic N) is 3. The SMILES string of the molecule is O=S(=O)(NCCCl)NC1CC(Oc2cc(Cl)nc(N3CCOCC3)n2)C1. The Balaban J connectivity index is 1.52. The van der Waals surface area contributed by atoms with E-state index in [1.54, 1.807) is 6.07 Å². The Hall–Kier alpha value is -0.910. The quantitative estimate of drug-likeness (QED) is 0.462. The molecule has 1 aromatic rings. The van der Waals surface area contributed by atoms with Crippen LogP contribution in [-0.2, 0) is 14.9 Å². The van der Waals surface area contributed by atoms with Crippen LogP contribution in [0.5, 0.6) is 5.88 Å². The van der Waals surface area contributed by atoms with Crippen LogP contribution in [0.3, 0.4) is 0 Å².